The minimum absolute atomic E-state index is 0.0523. The van der Waals surface area contributed by atoms with E-state index in [1.807, 2.05) is 0 Å². The molecule has 2 heterocycles. The maximum absolute atomic E-state index is 12.3. The number of hydrogen-bond acceptors (Lipinski definition) is 3. The van der Waals surface area contributed by atoms with Crippen LogP contribution in [0.15, 0.2) is 36.9 Å². The van der Waals surface area contributed by atoms with Crippen LogP contribution < -0.4 is 0 Å². The van der Waals surface area contributed by atoms with Gasteiger partial charge in [-0.05, 0) is 18.6 Å². The Balaban J connectivity index is 1.80. The number of amides is 3. The van der Waals surface area contributed by atoms with Crippen molar-refractivity contribution in [2.24, 2.45) is 0 Å². The van der Waals surface area contributed by atoms with Crippen molar-refractivity contribution in [2.75, 3.05) is 13.1 Å². The summed E-state index contributed by atoms with van der Waals surface area (Å²) < 4.78 is 0. The van der Waals surface area contributed by atoms with E-state index in [1.54, 1.807) is 35.2 Å². The second kappa shape index (κ2) is 5.16. The zero-order valence-corrected chi connectivity index (χ0v) is 11.6. The monoisotopic (exact) mass is 284 g/mol. The van der Waals surface area contributed by atoms with Crippen molar-refractivity contribution >= 4 is 17.7 Å². The zero-order chi connectivity index (χ0) is 15.0. The Hall–Kier alpha value is -2.43. The summed E-state index contributed by atoms with van der Waals surface area (Å²) in [4.78, 5) is 39.4. The molecular weight excluding hydrogens is 268 g/mol. The van der Waals surface area contributed by atoms with Crippen LogP contribution in [-0.4, -0.2) is 46.7 Å². The van der Waals surface area contributed by atoms with Crippen molar-refractivity contribution in [1.82, 2.24) is 9.80 Å². The molecule has 1 aromatic rings. The lowest BCUT2D eigenvalue weighted by atomic mass is 10.1. The summed E-state index contributed by atoms with van der Waals surface area (Å²) in [5, 5.41) is 0. The van der Waals surface area contributed by atoms with E-state index in [9.17, 15) is 14.4 Å². The molecule has 0 aliphatic carbocycles. The van der Waals surface area contributed by atoms with Gasteiger partial charge in [0.25, 0.3) is 11.8 Å². The molecule has 21 heavy (non-hydrogen) atoms. The summed E-state index contributed by atoms with van der Waals surface area (Å²) in [7, 11) is 0. The van der Waals surface area contributed by atoms with Gasteiger partial charge in [0.15, 0.2) is 0 Å². The Morgan fingerprint density at radius 3 is 2.33 bits per heavy atom. The van der Waals surface area contributed by atoms with Gasteiger partial charge in [-0.25, -0.2) is 0 Å². The van der Waals surface area contributed by atoms with Gasteiger partial charge in [0.2, 0.25) is 5.91 Å². The molecule has 5 heteroatoms. The van der Waals surface area contributed by atoms with E-state index in [0.29, 0.717) is 30.5 Å². The van der Waals surface area contributed by atoms with Crippen LogP contribution in [-0.2, 0) is 4.79 Å². The summed E-state index contributed by atoms with van der Waals surface area (Å²) in [6, 6.07) is 6.71. The molecular formula is C16H16N2O3. The van der Waals surface area contributed by atoms with Crippen molar-refractivity contribution in [2.45, 2.75) is 18.9 Å². The molecule has 0 unspecified atom stereocenters. The molecule has 0 N–H and O–H groups in total. The number of rotatable bonds is 4. The van der Waals surface area contributed by atoms with Gasteiger partial charge < -0.3 is 4.90 Å². The third-order valence-corrected chi connectivity index (χ3v) is 4.05. The standard InChI is InChI=1S/C16H16N2O3/c1-2-9-17-11(7-8-14(17)19)10-18-15(20)12-5-3-4-6-13(12)16(18)21/h2-6,11H,1,7-10H2/t11-/m0/s1. The highest BCUT2D eigenvalue weighted by atomic mass is 16.2. The molecule has 2 aliphatic heterocycles. The summed E-state index contributed by atoms with van der Waals surface area (Å²) in [5.41, 5.74) is 0.893. The normalized spacial score (nSPS) is 21.1. The first kappa shape index (κ1) is 13.5. The van der Waals surface area contributed by atoms with E-state index in [-0.39, 0.29) is 30.3 Å². The number of benzene rings is 1. The molecule has 1 fully saturated rings. The molecule has 1 aromatic carbocycles. The highest BCUT2D eigenvalue weighted by Gasteiger charge is 2.39. The van der Waals surface area contributed by atoms with Crippen LogP contribution in [0.4, 0.5) is 0 Å². The van der Waals surface area contributed by atoms with Crippen molar-refractivity contribution < 1.29 is 14.4 Å². The van der Waals surface area contributed by atoms with E-state index in [1.165, 1.54) is 4.90 Å². The Morgan fingerprint density at radius 2 is 1.76 bits per heavy atom. The summed E-state index contributed by atoms with van der Waals surface area (Å²) >= 11 is 0. The number of hydrogen-bond donors (Lipinski definition) is 0. The van der Waals surface area contributed by atoms with E-state index in [2.05, 4.69) is 6.58 Å². The first-order chi connectivity index (χ1) is 10.1. The summed E-state index contributed by atoms with van der Waals surface area (Å²) in [5.74, 6) is -0.487. The van der Waals surface area contributed by atoms with Crippen LogP contribution in [0.5, 0.6) is 0 Å². The van der Waals surface area contributed by atoms with Gasteiger partial charge in [0.1, 0.15) is 0 Å². The second-order valence-corrected chi connectivity index (χ2v) is 5.29. The van der Waals surface area contributed by atoms with Crippen LogP contribution in [0.2, 0.25) is 0 Å². The van der Waals surface area contributed by atoms with Gasteiger partial charge in [-0.1, -0.05) is 18.2 Å². The van der Waals surface area contributed by atoms with E-state index in [4.69, 9.17) is 0 Å². The average molecular weight is 284 g/mol. The first-order valence-electron chi connectivity index (χ1n) is 6.99. The fourth-order valence-corrected chi connectivity index (χ4v) is 2.99. The van der Waals surface area contributed by atoms with Crippen LogP contribution >= 0.6 is 0 Å². The lowest BCUT2D eigenvalue weighted by Crippen LogP contribution is -2.44. The molecule has 1 atom stereocenters. The molecule has 0 bridgehead atoms. The lowest BCUT2D eigenvalue weighted by molar-refractivity contribution is -0.128. The molecule has 0 saturated carbocycles. The lowest BCUT2D eigenvalue weighted by Gasteiger charge is -2.26. The third kappa shape index (κ3) is 2.14. The first-order valence-corrected chi connectivity index (χ1v) is 6.99. The van der Waals surface area contributed by atoms with Crippen LogP contribution in [0.3, 0.4) is 0 Å². The minimum atomic E-state index is -0.270. The van der Waals surface area contributed by atoms with Crippen LogP contribution in [0, 0.1) is 0 Å². The topological polar surface area (TPSA) is 57.7 Å². The number of fused-ring (bicyclic) bond motifs is 1. The Bertz CT molecular complexity index is 603. The minimum Gasteiger partial charge on any atom is -0.334 e. The van der Waals surface area contributed by atoms with E-state index < -0.39 is 0 Å². The molecule has 2 aliphatic rings. The third-order valence-electron chi connectivity index (χ3n) is 4.05. The highest BCUT2D eigenvalue weighted by Crippen LogP contribution is 2.26. The molecule has 0 radical (unpaired) electrons. The van der Waals surface area contributed by atoms with Gasteiger partial charge >= 0.3 is 0 Å². The van der Waals surface area contributed by atoms with Gasteiger partial charge in [0.05, 0.1) is 17.2 Å². The Labute approximate surface area is 122 Å². The molecule has 108 valence electrons. The molecule has 0 spiro atoms. The van der Waals surface area contributed by atoms with Gasteiger partial charge in [-0.15, -0.1) is 6.58 Å². The second-order valence-electron chi connectivity index (χ2n) is 5.29. The highest BCUT2D eigenvalue weighted by molar-refractivity contribution is 6.21. The maximum Gasteiger partial charge on any atom is 0.261 e. The zero-order valence-electron chi connectivity index (χ0n) is 11.6. The van der Waals surface area contributed by atoms with E-state index >= 15 is 0 Å². The largest absolute Gasteiger partial charge is 0.334 e. The van der Waals surface area contributed by atoms with Crippen molar-refractivity contribution in [1.29, 1.82) is 0 Å². The van der Waals surface area contributed by atoms with Gasteiger partial charge in [0, 0.05) is 19.5 Å². The Kier molecular flexibility index (Phi) is 3.33. The van der Waals surface area contributed by atoms with Gasteiger partial charge in [-0.2, -0.15) is 0 Å². The maximum atomic E-state index is 12.3. The fraction of sp³-hybridized carbons (Fsp3) is 0.312. The van der Waals surface area contributed by atoms with Crippen molar-refractivity contribution in [3.05, 3.63) is 48.0 Å². The number of carbonyl (C=O) groups is 3. The summed E-state index contributed by atoms with van der Waals surface area (Å²) in [6.07, 6.45) is 2.79. The molecule has 1 saturated heterocycles. The smallest absolute Gasteiger partial charge is 0.261 e. The fourth-order valence-electron chi connectivity index (χ4n) is 2.99. The van der Waals surface area contributed by atoms with Crippen molar-refractivity contribution in [3.8, 4) is 0 Å². The van der Waals surface area contributed by atoms with E-state index in [0.717, 1.165) is 0 Å². The number of imide groups is 1. The predicted octanol–water partition coefficient (Wildman–Crippen LogP) is 1.46. The van der Waals surface area contributed by atoms with Crippen LogP contribution in [0.1, 0.15) is 33.6 Å². The molecule has 3 amide bonds. The summed E-state index contributed by atoms with van der Waals surface area (Å²) in [6.45, 7) is 4.35. The quantitative estimate of drug-likeness (QED) is 0.621. The predicted molar refractivity (Wildman–Crippen MR) is 76.7 cm³/mol. The SMILES string of the molecule is C=CCN1C(=O)CC[C@H]1CN1C(=O)c2ccccc2C1=O. The number of carbonyl (C=O) groups excluding carboxylic acids is 3. The Morgan fingerprint density at radius 1 is 1.14 bits per heavy atom. The van der Waals surface area contributed by atoms with Crippen molar-refractivity contribution in [3.63, 3.8) is 0 Å². The molecule has 0 aromatic heterocycles. The number of likely N-dealkylation sites (tertiary alicyclic amines) is 1. The molecule has 5 nitrogen and oxygen atoms in total. The van der Waals surface area contributed by atoms with Crippen LogP contribution in [0.25, 0.3) is 0 Å². The molecule has 3 rings (SSSR count). The number of nitrogens with zero attached hydrogens (tertiary/aromatic N) is 2. The van der Waals surface area contributed by atoms with Gasteiger partial charge in [-0.3, -0.25) is 19.3 Å². The average Bonchev–Trinajstić information content (AvgIpc) is 2.95.